The molecule has 1 heterocycles. The number of ether oxygens (including phenoxy) is 1. The highest BCUT2D eigenvalue weighted by atomic mass is 16.5. The Labute approximate surface area is 168 Å². The molecule has 0 radical (unpaired) electrons. The molecule has 28 heavy (non-hydrogen) atoms. The lowest BCUT2D eigenvalue weighted by atomic mass is 9.88. The molecule has 0 spiro atoms. The first kappa shape index (κ1) is 20.4. The molecular weight excluding hydrogens is 350 g/mol. The summed E-state index contributed by atoms with van der Waals surface area (Å²) in [5.41, 5.74) is 4.12. The largest absolute Gasteiger partial charge is 0.372 e. The van der Waals surface area contributed by atoms with Crippen LogP contribution in [0.15, 0.2) is 30.0 Å². The van der Waals surface area contributed by atoms with Crippen LogP contribution in [0.1, 0.15) is 62.8 Å². The topological polar surface area (TPSA) is 65.4 Å². The Balaban J connectivity index is 1.72. The number of hydrogen-bond donors (Lipinski definition) is 1. The van der Waals surface area contributed by atoms with Gasteiger partial charge in [-0.25, -0.2) is 0 Å². The van der Waals surface area contributed by atoms with Crippen LogP contribution in [0.25, 0.3) is 0 Å². The van der Waals surface area contributed by atoms with E-state index < -0.39 is 0 Å². The van der Waals surface area contributed by atoms with E-state index in [1.165, 1.54) is 24.0 Å². The fourth-order valence-electron chi connectivity index (χ4n) is 4.27. The van der Waals surface area contributed by atoms with E-state index >= 15 is 0 Å². The Hall–Kier alpha value is -2.32. The van der Waals surface area contributed by atoms with Crippen molar-refractivity contribution in [1.82, 2.24) is 10.2 Å². The first-order chi connectivity index (χ1) is 13.5. The van der Waals surface area contributed by atoms with Crippen molar-refractivity contribution in [3.05, 3.63) is 46.7 Å². The van der Waals surface area contributed by atoms with Gasteiger partial charge >= 0.3 is 0 Å². The van der Waals surface area contributed by atoms with Crippen LogP contribution in [0.4, 0.5) is 0 Å². The number of carbonyl (C=O) groups excluding carboxylic acids is 1. The second-order valence-electron chi connectivity index (χ2n) is 8.04. The lowest BCUT2D eigenvalue weighted by Crippen LogP contribution is -2.43. The van der Waals surface area contributed by atoms with Crippen molar-refractivity contribution >= 4 is 5.91 Å². The maximum atomic E-state index is 12.8. The highest BCUT2D eigenvalue weighted by Gasteiger charge is 2.23. The maximum Gasteiger partial charge on any atom is 0.263 e. The van der Waals surface area contributed by atoms with Crippen molar-refractivity contribution in [2.24, 2.45) is 0 Å². The third kappa shape index (κ3) is 4.94. The predicted octanol–water partition coefficient (Wildman–Crippen LogP) is 3.65. The molecule has 0 saturated carbocycles. The average Bonchev–Trinajstić information content (AvgIpc) is 2.69. The van der Waals surface area contributed by atoms with Gasteiger partial charge in [-0.05, 0) is 62.6 Å². The van der Waals surface area contributed by atoms with Crippen LogP contribution in [0.5, 0.6) is 0 Å². The Morgan fingerprint density at radius 1 is 1.29 bits per heavy atom. The summed E-state index contributed by atoms with van der Waals surface area (Å²) >= 11 is 0. The number of amides is 1. The molecule has 1 amide bonds. The van der Waals surface area contributed by atoms with E-state index in [9.17, 15) is 10.1 Å². The standard InChI is InChI=1S/C23H31N3O2/c1-4-22(20-10-9-18-7-5-6-8-19(18)11-20)25-23(27)21(12-24)15-26-13-16(2)28-17(3)14-26/h9-11,15-17,22H,4-8,13-14H2,1-3H3,(H,25,27)/b21-15-. The van der Waals surface area contributed by atoms with Crippen LogP contribution in [-0.4, -0.2) is 36.1 Å². The van der Waals surface area contributed by atoms with E-state index in [-0.39, 0.29) is 29.7 Å². The summed E-state index contributed by atoms with van der Waals surface area (Å²) < 4.78 is 5.72. The summed E-state index contributed by atoms with van der Waals surface area (Å²) in [7, 11) is 0. The molecule has 5 heteroatoms. The second-order valence-corrected chi connectivity index (χ2v) is 8.04. The van der Waals surface area contributed by atoms with Gasteiger partial charge in [0.25, 0.3) is 5.91 Å². The lowest BCUT2D eigenvalue weighted by molar-refractivity contribution is -0.118. The number of aryl methyl sites for hydroxylation is 2. The molecule has 1 N–H and O–H groups in total. The van der Waals surface area contributed by atoms with Gasteiger partial charge in [-0.2, -0.15) is 5.26 Å². The van der Waals surface area contributed by atoms with E-state index in [1.54, 1.807) is 6.20 Å². The number of fused-ring (bicyclic) bond motifs is 1. The summed E-state index contributed by atoms with van der Waals surface area (Å²) in [5.74, 6) is -0.307. The number of nitrogens with zero attached hydrogens (tertiary/aromatic N) is 2. The molecule has 1 saturated heterocycles. The fourth-order valence-corrected chi connectivity index (χ4v) is 4.27. The third-order valence-corrected chi connectivity index (χ3v) is 5.61. The maximum absolute atomic E-state index is 12.8. The number of nitriles is 1. The van der Waals surface area contributed by atoms with Gasteiger partial charge in [0.05, 0.1) is 18.2 Å². The highest BCUT2D eigenvalue weighted by Crippen LogP contribution is 2.26. The van der Waals surface area contributed by atoms with Crippen LogP contribution >= 0.6 is 0 Å². The molecule has 1 aromatic rings. The van der Waals surface area contributed by atoms with E-state index in [4.69, 9.17) is 4.74 Å². The summed E-state index contributed by atoms with van der Waals surface area (Å²) in [6.45, 7) is 7.44. The number of morpholine rings is 1. The molecule has 0 aromatic heterocycles. The summed E-state index contributed by atoms with van der Waals surface area (Å²) in [6.07, 6.45) is 7.40. The summed E-state index contributed by atoms with van der Waals surface area (Å²) in [6, 6.07) is 8.56. The van der Waals surface area contributed by atoms with Gasteiger partial charge in [0.1, 0.15) is 11.6 Å². The molecule has 1 aliphatic carbocycles. The Kier molecular flexibility index (Phi) is 6.74. The smallest absolute Gasteiger partial charge is 0.263 e. The van der Waals surface area contributed by atoms with Crippen molar-refractivity contribution in [3.8, 4) is 6.07 Å². The third-order valence-electron chi connectivity index (χ3n) is 5.61. The Bertz CT molecular complexity index is 771. The molecule has 3 unspecified atom stereocenters. The molecule has 2 aliphatic rings. The van der Waals surface area contributed by atoms with E-state index in [0.29, 0.717) is 13.1 Å². The molecule has 1 fully saturated rings. The molecule has 1 aliphatic heterocycles. The average molecular weight is 382 g/mol. The molecule has 150 valence electrons. The van der Waals surface area contributed by atoms with Crippen LogP contribution in [0, 0.1) is 11.3 Å². The molecule has 1 aromatic carbocycles. The number of nitrogens with one attached hydrogen (secondary N) is 1. The van der Waals surface area contributed by atoms with Gasteiger partial charge in [0.2, 0.25) is 0 Å². The van der Waals surface area contributed by atoms with Gasteiger partial charge in [0, 0.05) is 19.3 Å². The highest BCUT2D eigenvalue weighted by molar-refractivity contribution is 5.97. The number of benzene rings is 1. The first-order valence-corrected chi connectivity index (χ1v) is 10.4. The normalized spacial score (nSPS) is 23.5. The minimum Gasteiger partial charge on any atom is -0.372 e. The van der Waals surface area contributed by atoms with Crippen LogP contribution in [0.2, 0.25) is 0 Å². The predicted molar refractivity (Wildman–Crippen MR) is 110 cm³/mol. The zero-order valence-corrected chi connectivity index (χ0v) is 17.2. The molecule has 5 nitrogen and oxygen atoms in total. The van der Waals surface area contributed by atoms with Gasteiger partial charge < -0.3 is 15.0 Å². The van der Waals surface area contributed by atoms with Crippen molar-refractivity contribution < 1.29 is 9.53 Å². The monoisotopic (exact) mass is 381 g/mol. The van der Waals surface area contributed by atoms with Crippen molar-refractivity contribution in [3.63, 3.8) is 0 Å². The number of rotatable bonds is 5. The van der Waals surface area contributed by atoms with Gasteiger partial charge in [0.15, 0.2) is 0 Å². The van der Waals surface area contributed by atoms with E-state index in [1.807, 2.05) is 18.7 Å². The second kappa shape index (κ2) is 9.25. The van der Waals surface area contributed by atoms with Gasteiger partial charge in [-0.3, -0.25) is 4.79 Å². The van der Waals surface area contributed by atoms with Crippen molar-refractivity contribution in [1.29, 1.82) is 5.26 Å². The molecule has 3 atom stereocenters. The van der Waals surface area contributed by atoms with Crippen LogP contribution in [0.3, 0.4) is 0 Å². The van der Waals surface area contributed by atoms with Crippen molar-refractivity contribution in [2.45, 2.75) is 71.1 Å². The zero-order chi connectivity index (χ0) is 20.1. The van der Waals surface area contributed by atoms with Gasteiger partial charge in [-0.15, -0.1) is 0 Å². The quantitative estimate of drug-likeness (QED) is 0.625. The summed E-state index contributed by atoms with van der Waals surface area (Å²) in [4.78, 5) is 14.8. The number of carbonyl (C=O) groups is 1. The van der Waals surface area contributed by atoms with Crippen LogP contribution < -0.4 is 5.32 Å². The van der Waals surface area contributed by atoms with Gasteiger partial charge in [-0.1, -0.05) is 25.1 Å². The minimum atomic E-state index is -0.307. The zero-order valence-electron chi connectivity index (χ0n) is 17.2. The minimum absolute atomic E-state index is 0.0842. The summed E-state index contributed by atoms with van der Waals surface area (Å²) in [5, 5.41) is 12.6. The fraction of sp³-hybridized carbons (Fsp3) is 0.565. The SMILES string of the molecule is CCC(NC(=O)/C(C#N)=C\N1CC(C)OC(C)C1)c1ccc2c(c1)CCCC2. The van der Waals surface area contributed by atoms with E-state index in [0.717, 1.165) is 24.8 Å². The van der Waals surface area contributed by atoms with Crippen molar-refractivity contribution in [2.75, 3.05) is 13.1 Å². The molecular formula is C23H31N3O2. The first-order valence-electron chi connectivity index (χ1n) is 10.4. The Morgan fingerprint density at radius 3 is 2.61 bits per heavy atom. The molecule has 3 rings (SSSR count). The lowest BCUT2D eigenvalue weighted by Gasteiger charge is -2.34. The molecule has 0 bridgehead atoms. The van der Waals surface area contributed by atoms with Crippen LogP contribution in [-0.2, 0) is 22.4 Å². The Morgan fingerprint density at radius 2 is 1.96 bits per heavy atom. The number of hydrogen-bond acceptors (Lipinski definition) is 4. The van der Waals surface area contributed by atoms with E-state index in [2.05, 4.69) is 36.5 Å².